The lowest BCUT2D eigenvalue weighted by Gasteiger charge is -2.47. The van der Waals surface area contributed by atoms with Crippen LogP contribution >= 0.6 is 0 Å². The first-order valence-electron chi connectivity index (χ1n) is 7.14. The molecule has 21 heavy (non-hydrogen) atoms. The van der Waals surface area contributed by atoms with E-state index in [0.29, 0.717) is 24.5 Å². The number of nitrogens with two attached hydrogens (primary N) is 1. The summed E-state index contributed by atoms with van der Waals surface area (Å²) in [6.07, 6.45) is 0. The standard InChI is InChI=1S/C16H24N2O3/c1-15(2)10-18(11-16(3,4)21-15)14(19)9-20-13-8-6-5-7-12(13)17/h5-8H,9-11,17H2,1-4H3. The van der Waals surface area contributed by atoms with Gasteiger partial charge in [0.1, 0.15) is 5.75 Å². The van der Waals surface area contributed by atoms with E-state index in [1.807, 2.05) is 39.8 Å². The third-order valence-electron chi connectivity index (χ3n) is 3.32. The maximum Gasteiger partial charge on any atom is 0.260 e. The van der Waals surface area contributed by atoms with Gasteiger partial charge in [0.15, 0.2) is 6.61 Å². The molecule has 1 heterocycles. The summed E-state index contributed by atoms with van der Waals surface area (Å²) < 4.78 is 11.5. The first-order valence-corrected chi connectivity index (χ1v) is 7.14. The van der Waals surface area contributed by atoms with Crippen molar-refractivity contribution in [1.29, 1.82) is 0 Å². The van der Waals surface area contributed by atoms with E-state index in [2.05, 4.69) is 0 Å². The van der Waals surface area contributed by atoms with Crippen molar-refractivity contribution < 1.29 is 14.3 Å². The number of hydrogen-bond donors (Lipinski definition) is 1. The Balaban J connectivity index is 1.99. The molecule has 1 saturated heterocycles. The Labute approximate surface area is 126 Å². The molecular weight excluding hydrogens is 268 g/mol. The van der Waals surface area contributed by atoms with E-state index in [0.717, 1.165) is 0 Å². The summed E-state index contributed by atoms with van der Waals surface area (Å²) in [4.78, 5) is 14.2. The molecule has 0 radical (unpaired) electrons. The average molecular weight is 292 g/mol. The number of benzene rings is 1. The summed E-state index contributed by atoms with van der Waals surface area (Å²) >= 11 is 0. The molecule has 116 valence electrons. The van der Waals surface area contributed by atoms with Gasteiger partial charge in [-0.25, -0.2) is 0 Å². The van der Waals surface area contributed by atoms with Gasteiger partial charge < -0.3 is 20.1 Å². The Kier molecular flexibility index (Phi) is 4.14. The first-order chi connectivity index (χ1) is 9.69. The predicted molar refractivity (Wildman–Crippen MR) is 82.2 cm³/mol. The number of para-hydroxylation sites is 2. The van der Waals surface area contributed by atoms with Gasteiger partial charge in [0.2, 0.25) is 0 Å². The quantitative estimate of drug-likeness (QED) is 0.866. The maximum absolute atomic E-state index is 12.4. The van der Waals surface area contributed by atoms with Gasteiger partial charge in [0.05, 0.1) is 16.9 Å². The second kappa shape index (κ2) is 5.56. The summed E-state index contributed by atoms with van der Waals surface area (Å²) in [6.45, 7) is 9.06. The van der Waals surface area contributed by atoms with E-state index in [4.69, 9.17) is 15.2 Å². The fourth-order valence-corrected chi connectivity index (χ4v) is 2.81. The molecular formula is C16H24N2O3. The van der Waals surface area contributed by atoms with Crippen molar-refractivity contribution in [2.24, 2.45) is 0 Å². The van der Waals surface area contributed by atoms with Gasteiger partial charge in [0.25, 0.3) is 5.91 Å². The van der Waals surface area contributed by atoms with Crippen LogP contribution in [-0.4, -0.2) is 41.7 Å². The molecule has 1 aromatic rings. The van der Waals surface area contributed by atoms with Crippen molar-refractivity contribution in [3.8, 4) is 5.75 Å². The van der Waals surface area contributed by atoms with Gasteiger partial charge in [-0.1, -0.05) is 12.1 Å². The molecule has 5 heteroatoms. The van der Waals surface area contributed by atoms with Crippen LogP contribution in [0.2, 0.25) is 0 Å². The summed E-state index contributed by atoms with van der Waals surface area (Å²) in [5, 5.41) is 0. The number of nitrogen functional groups attached to an aromatic ring is 1. The molecule has 0 atom stereocenters. The zero-order valence-corrected chi connectivity index (χ0v) is 13.2. The number of rotatable bonds is 3. The van der Waals surface area contributed by atoms with Gasteiger partial charge in [-0.3, -0.25) is 4.79 Å². The van der Waals surface area contributed by atoms with Crippen molar-refractivity contribution in [3.05, 3.63) is 24.3 Å². The highest BCUT2D eigenvalue weighted by Gasteiger charge is 2.39. The lowest BCUT2D eigenvalue weighted by molar-refractivity contribution is -0.188. The van der Waals surface area contributed by atoms with E-state index in [9.17, 15) is 4.79 Å². The highest BCUT2D eigenvalue weighted by molar-refractivity contribution is 5.78. The third-order valence-corrected chi connectivity index (χ3v) is 3.32. The molecule has 1 amide bonds. The maximum atomic E-state index is 12.4. The minimum Gasteiger partial charge on any atom is -0.482 e. The Morgan fingerprint density at radius 1 is 1.24 bits per heavy atom. The first kappa shape index (κ1) is 15.6. The summed E-state index contributed by atoms with van der Waals surface area (Å²) in [5.41, 5.74) is 5.62. The molecule has 0 aliphatic carbocycles. The lowest BCUT2D eigenvalue weighted by Crippen LogP contribution is -2.59. The average Bonchev–Trinajstić information content (AvgIpc) is 2.33. The summed E-state index contributed by atoms with van der Waals surface area (Å²) in [7, 11) is 0. The smallest absolute Gasteiger partial charge is 0.260 e. The normalized spacial score (nSPS) is 20.1. The van der Waals surface area contributed by atoms with Crippen molar-refractivity contribution in [2.75, 3.05) is 25.4 Å². The number of anilines is 1. The number of carbonyl (C=O) groups is 1. The van der Waals surface area contributed by atoms with Crippen molar-refractivity contribution in [3.63, 3.8) is 0 Å². The van der Waals surface area contributed by atoms with Gasteiger partial charge in [-0.15, -0.1) is 0 Å². The number of nitrogens with zero attached hydrogens (tertiary/aromatic N) is 1. The molecule has 1 fully saturated rings. The fraction of sp³-hybridized carbons (Fsp3) is 0.562. The third kappa shape index (κ3) is 4.11. The molecule has 0 spiro atoms. The van der Waals surface area contributed by atoms with Crippen LogP contribution in [0.15, 0.2) is 24.3 Å². The highest BCUT2D eigenvalue weighted by atomic mass is 16.5. The lowest BCUT2D eigenvalue weighted by atomic mass is 9.99. The SMILES string of the molecule is CC1(C)CN(C(=O)COc2ccccc2N)CC(C)(C)O1. The second-order valence-corrected chi connectivity index (χ2v) is 6.70. The number of ether oxygens (including phenoxy) is 2. The molecule has 1 aromatic carbocycles. The zero-order valence-electron chi connectivity index (χ0n) is 13.2. The van der Waals surface area contributed by atoms with Crippen molar-refractivity contribution in [1.82, 2.24) is 4.90 Å². The van der Waals surface area contributed by atoms with E-state index in [-0.39, 0.29) is 23.7 Å². The molecule has 1 aliphatic heterocycles. The van der Waals surface area contributed by atoms with Gasteiger partial charge >= 0.3 is 0 Å². The van der Waals surface area contributed by atoms with E-state index in [1.54, 1.807) is 17.0 Å². The molecule has 1 aliphatic rings. The summed E-state index contributed by atoms with van der Waals surface area (Å²) in [6, 6.07) is 7.17. The van der Waals surface area contributed by atoms with Gasteiger partial charge in [-0.05, 0) is 39.8 Å². The second-order valence-electron chi connectivity index (χ2n) is 6.70. The molecule has 2 rings (SSSR count). The van der Waals surface area contributed by atoms with E-state index >= 15 is 0 Å². The molecule has 0 aromatic heterocycles. The Morgan fingerprint density at radius 2 is 1.81 bits per heavy atom. The molecule has 0 saturated carbocycles. The van der Waals surface area contributed by atoms with Crippen LogP contribution in [0, 0.1) is 0 Å². The van der Waals surface area contributed by atoms with Crippen LogP contribution in [0.1, 0.15) is 27.7 Å². The molecule has 5 nitrogen and oxygen atoms in total. The number of hydrogen-bond acceptors (Lipinski definition) is 4. The Hall–Kier alpha value is -1.75. The monoisotopic (exact) mass is 292 g/mol. The Bertz CT molecular complexity index is 510. The summed E-state index contributed by atoms with van der Waals surface area (Å²) in [5.74, 6) is 0.486. The van der Waals surface area contributed by atoms with Crippen LogP contribution in [0.5, 0.6) is 5.75 Å². The van der Waals surface area contributed by atoms with Crippen LogP contribution in [0.3, 0.4) is 0 Å². The van der Waals surface area contributed by atoms with Crippen LogP contribution in [-0.2, 0) is 9.53 Å². The van der Waals surface area contributed by atoms with Crippen molar-refractivity contribution in [2.45, 2.75) is 38.9 Å². The number of amides is 1. The van der Waals surface area contributed by atoms with E-state index in [1.165, 1.54) is 0 Å². The topological polar surface area (TPSA) is 64.8 Å². The van der Waals surface area contributed by atoms with Crippen LogP contribution in [0.25, 0.3) is 0 Å². The Morgan fingerprint density at radius 3 is 2.38 bits per heavy atom. The minimum absolute atomic E-state index is 0.0135. The fourth-order valence-electron chi connectivity index (χ4n) is 2.81. The van der Waals surface area contributed by atoms with Crippen LogP contribution in [0.4, 0.5) is 5.69 Å². The zero-order chi connectivity index (χ0) is 15.7. The molecule has 2 N–H and O–H groups in total. The number of carbonyl (C=O) groups excluding carboxylic acids is 1. The van der Waals surface area contributed by atoms with Crippen LogP contribution < -0.4 is 10.5 Å². The molecule has 0 unspecified atom stereocenters. The minimum atomic E-state index is -0.358. The highest BCUT2D eigenvalue weighted by Crippen LogP contribution is 2.28. The van der Waals surface area contributed by atoms with Crippen molar-refractivity contribution >= 4 is 11.6 Å². The van der Waals surface area contributed by atoms with Gasteiger partial charge in [-0.2, -0.15) is 0 Å². The number of morpholine rings is 1. The molecule has 0 bridgehead atoms. The predicted octanol–water partition coefficient (Wildman–Crippen LogP) is 2.06. The van der Waals surface area contributed by atoms with Gasteiger partial charge in [0, 0.05) is 13.1 Å². The van der Waals surface area contributed by atoms with E-state index < -0.39 is 0 Å². The largest absolute Gasteiger partial charge is 0.482 e.